The van der Waals surface area contributed by atoms with Gasteiger partial charge in [-0.3, -0.25) is 14.2 Å². The number of benzene rings is 2. The third-order valence-corrected chi connectivity index (χ3v) is 6.84. The highest BCUT2D eigenvalue weighted by atomic mass is 32.2. The summed E-state index contributed by atoms with van der Waals surface area (Å²) in [7, 11) is 1.61. The van der Waals surface area contributed by atoms with Crippen molar-refractivity contribution in [1.29, 1.82) is 0 Å². The Hall–Kier alpha value is -3.73. The molecule has 10 nitrogen and oxygen atoms in total. The number of nitrogens with zero attached hydrogens (tertiary/aromatic N) is 5. The van der Waals surface area contributed by atoms with Crippen LogP contribution in [0.4, 0.5) is 0 Å². The number of aromatic nitrogens is 3. The number of carbonyl (C=O) groups is 2. The molecule has 11 heteroatoms. The van der Waals surface area contributed by atoms with Crippen LogP contribution in [-0.4, -0.2) is 88.1 Å². The number of amides is 2. The first-order valence-corrected chi connectivity index (χ1v) is 12.2. The molecular formula is C24H25N5O5S. The predicted molar refractivity (Wildman–Crippen MR) is 128 cm³/mol. The largest absolute Gasteiger partial charge is 0.495 e. The van der Waals surface area contributed by atoms with Crippen molar-refractivity contribution < 1.29 is 23.8 Å². The van der Waals surface area contributed by atoms with Gasteiger partial charge in [0.2, 0.25) is 12.0 Å². The van der Waals surface area contributed by atoms with Gasteiger partial charge in [-0.1, -0.05) is 36.0 Å². The maximum atomic E-state index is 12.9. The fraction of sp³-hybridized carbons (Fsp3) is 0.333. The lowest BCUT2D eigenvalue weighted by Crippen LogP contribution is -2.55. The van der Waals surface area contributed by atoms with Crippen molar-refractivity contribution in [3.8, 4) is 22.9 Å². The van der Waals surface area contributed by atoms with Gasteiger partial charge in [-0.05, 0) is 24.3 Å². The van der Waals surface area contributed by atoms with Gasteiger partial charge in [-0.25, -0.2) is 0 Å². The number of thioether (sulfide) groups is 1. The summed E-state index contributed by atoms with van der Waals surface area (Å²) in [6.45, 7) is 2.02. The first kappa shape index (κ1) is 23.0. The predicted octanol–water partition coefficient (Wildman–Crippen LogP) is 1.88. The van der Waals surface area contributed by atoms with E-state index in [1.54, 1.807) is 33.9 Å². The van der Waals surface area contributed by atoms with Gasteiger partial charge in [0.05, 0.1) is 18.6 Å². The van der Waals surface area contributed by atoms with Crippen LogP contribution in [0.1, 0.15) is 0 Å². The molecule has 2 amide bonds. The molecule has 0 unspecified atom stereocenters. The maximum Gasteiger partial charge on any atom is 0.267 e. The first-order valence-electron chi connectivity index (χ1n) is 11.3. The van der Waals surface area contributed by atoms with E-state index in [0.717, 1.165) is 5.69 Å². The molecule has 0 saturated carbocycles. The van der Waals surface area contributed by atoms with Crippen LogP contribution in [0.5, 0.6) is 17.2 Å². The Kier molecular flexibility index (Phi) is 6.75. The minimum absolute atomic E-state index is 0.0112. The van der Waals surface area contributed by atoms with Crippen molar-refractivity contribution in [2.75, 3.05) is 45.6 Å². The minimum atomic E-state index is -0.677. The number of hydrogen-bond donors (Lipinski definition) is 0. The summed E-state index contributed by atoms with van der Waals surface area (Å²) < 4.78 is 18.7. The number of hydrogen-bond acceptors (Lipinski definition) is 8. The summed E-state index contributed by atoms with van der Waals surface area (Å²) in [6, 6.07) is 14.9. The molecule has 5 rings (SSSR count). The van der Waals surface area contributed by atoms with E-state index in [9.17, 15) is 9.59 Å². The summed E-state index contributed by atoms with van der Waals surface area (Å²) in [4.78, 5) is 29.3. The minimum Gasteiger partial charge on any atom is -0.495 e. The molecule has 1 fully saturated rings. The molecule has 0 bridgehead atoms. The van der Waals surface area contributed by atoms with Crippen LogP contribution in [0, 0.1) is 0 Å². The molecular weight excluding hydrogens is 470 g/mol. The molecule has 0 radical (unpaired) electrons. The average Bonchev–Trinajstić information content (AvgIpc) is 3.39. The molecule has 1 saturated heterocycles. The molecule has 3 heterocycles. The Morgan fingerprint density at radius 3 is 2.54 bits per heavy atom. The molecule has 0 spiro atoms. The highest BCUT2D eigenvalue weighted by Gasteiger charge is 2.33. The van der Waals surface area contributed by atoms with Crippen LogP contribution in [0.2, 0.25) is 0 Å². The van der Waals surface area contributed by atoms with Crippen LogP contribution in [0.15, 0.2) is 60.0 Å². The van der Waals surface area contributed by atoms with Crippen LogP contribution in [0.3, 0.4) is 0 Å². The average molecular weight is 496 g/mol. The molecule has 1 atom stereocenters. The van der Waals surface area contributed by atoms with E-state index < -0.39 is 6.10 Å². The fourth-order valence-electron chi connectivity index (χ4n) is 4.06. The number of carbonyl (C=O) groups excluding carboxylic acids is 2. The van der Waals surface area contributed by atoms with Crippen molar-refractivity contribution >= 4 is 23.6 Å². The highest BCUT2D eigenvalue weighted by Crippen LogP contribution is 2.31. The monoisotopic (exact) mass is 495 g/mol. The Balaban J connectivity index is 1.13. The second-order valence-electron chi connectivity index (χ2n) is 8.01. The number of piperazine rings is 1. The molecule has 0 N–H and O–H groups in total. The molecule has 35 heavy (non-hydrogen) atoms. The Morgan fingerprint density at radius 1 is 1.03 bits per heavy atom. The van der Waals surface area contributed by atoms with Gasteiger partial charge in [0, 0.05) is 26.2 Å². The lowest BCUT2D eigenvalue weighted by molar-refractivity contribution is -0.145. The van der Waals surface area contributed by atoms with Crippen LogP contribution < -0.4 is 14.2 Å². The van der Waals surface area contributed by atoms with Gasteiger partial charge in [0.25, 0.3) is 5.91 Å². The molecule has 0 aliphatic carbocycles. The number of ether oxygens (including phenoxy) is 3. The van der Waals surface area contributed by atoms with E-state index in [1.165, 1.54) is 11.8 Å². The standard InChI is InChI=1S/C24H25N5O5S/c1-32-18-7-3-2-6-17(18)29-16-25-26-24(29)35-15-22(30)27-10-12-28(13-11-27)23(31)21-14-33-19-8-4-5-9-20(19)34-21/h2-9,16,21H,10-15H2,1H3/t21-/m1/s1. The van der Waals surface area contributed by atoms with Crippen molar-refractivity contribution in [2.45, 2.75) is 11.3 Å². The van der Waals surface area contributed by atoms with Crippen molar-refractivity contribution in [1.82, 2.24) is 24.6 Å². The van der Waals surface area contributed by atoms with E-state index >= 15 is 0 Å². The van der Waals surface area contributed by atoms with Crippen molar-refractivity contribution in [3.63, 3.8) is 0 Å². The van der Waals surface area contributed by atoms with Gasteiger partial charge >= 0.3 is 0 Å². The number of methoxy groups -OCH3 is 1. The summed E-state index contributed by atoms with van der Waals surface area (Å²) in [5, 5.41) is 8.76. The van der Waals surface area contributed by atoms with E-state index in [-0.39, 0.29) is 24.2 Å². The Labute approximate surface area is 206 Å². The third kappa shape index (κ3) is 4.90. The number of rotatable bonds is 6. The van der Waals surface area contributed by atoms with Crippen LogP contribution >= 0.6 is 11.8 Å². The van der Waals surface area contributed by atoms with Gasteiger partial charge in [-0.2, -0.15) is 0 Å². The van der Waals surface area contributed by atoms with E-state index in [0.29, 0.717) is 48.6 Å². The zero-order chi connectivity index (χ0) is 24.2. The second-order valence-corrected chi connectivity index (χ2v) is 8.96. The van der Waals surface area contributed by atoms with Gasteiger partial charge in [0.15, 0.2) is 16.7 Å². The van der Waals surface area contributed by atoms with Gasteiger partial charge < -0.3 is 24.0 Å². The zero-order valence-corrected chi connectivity index (χ0v) is 20.0. The topological polar surface area (TPSA) is 99.0 Å². The maximum absolute atomic E-state index is 12.9. The lowest BCUT2D eigenvalue weighted by atomic mass is 10.2. The molecule has 2 aromatic carbocycles. The molecule has 3 aromatic rings. The molecule has 2 aliphatic rings. The van der Waals surface area contributed by atoms with Crippen molar-refractivity contribution in [2.24, 2.45) is 0 Å². The van der Waals surface area contributed by atoms with Gasteiger partial charge in [0.1, 0.15) is 18.7 Å². The Bertz CT molecular complexity index is 1210. The fourth-order valence-corrected chi connectivity index (χ4v) is 4.88. The number of fused-ring (bicyclic) bond motifs is 1. The Morgan fingerprint density at radius 2 is 1.74 bits per heavy atom. The molecule has 1 aromatic heterocycles. The first-order chi connectivity index (χ1) is 17.1. The SMILES string of the molecule is COc1ccccc1-n1cnnc1SCC(=O)N1CCN(C(=O)[C@H]2COc3ccccc3O2)CC1. The smallest absolute Gasteiger partial charge is 0.267 e. The van der Waals surface area contributed by atoms with Crippen LogP contribution in [0.25, 0.3) is 5.69 Å². The summed E-state index contributed by atoms with van der Waals surface area (Å²) in [6.07, 6.45) is 0.925. The zero-order valence-electron chi connectivity index (χ0n) is 19.2. The highest BCUT2D eigenvalue weighted by molar-refractivity contribution is 7.99. The van der Waals surface area contributed by atoms with E-state index in [4.69, 9.17) is 14.2 Å². The van der Waals surface area contributed by atoms with Crippen molar-refractivity contribution in [3.05, 3.63) is 54.9 Å². The second kappa shape index (κ2) is 10.3. The summed E-state index contributed by atoms with van der Waals surface area (Å²) >= 11 is 1.32. The lowest BCUT2D eigenvalue weighted by Gasteiger charge is -2.37. The third-order valence-electron chi connectivity index (χ3n) is 5.91. The number of para-hydroxylation sites is 4. The normalized spacial score (nSPS) is 17.2. The summed E-state index contributed by atoms with van der Waals surface area (Å²) in [5.74, 6) is 2.00. The van der Waals surface area contributed by atoms with E-state index in [1.807, 2.05) is 42.5 Å². The quantitative estimate of drug-likeness (QED) is 0.478. The molecule has 182 valence electrons. The summed E-state index contributed by atoms with van der Waals surface area (Å²) in [5.41, 5.74) is 0.804. The van der Waals surface area contributed by atoms with E-state index in [2.05, 4.69) is 10.2 Å². The molecule has 2 aliphatic heterocycles. The van der Waals surface area contributed by atoms with Gasteiger partial charge in [-0.15, -0.1) is 10.2 Å². The van der Waals surface area contributed by atoms with Crippen LogP contribution in [-0.2, 0) is 9.59 Å².